The number of carbonyl (C=O) groups excluding carboxylic acids is 1. The third-order valence-electron chi connectivity index (χ3n) is 4.31. The number of aliphatic hydroxyl groups excluding tert-OH is 1. The summed E-state index contributed by atoms with van der Waals surface area (Å²) in [6.07, 6.45) is 5.80. The molecule has 1 atom stereocenters. The molecular weight excluding hydrogens is 254 g/mol. The maximum Gasteiger partial charge on any atom is 0.234 e. The number of nitrogens with zero attached hydrogens (tertiary/aromatic N) is 2. The molecule has 114 valence electrons. The van der Waals surface area contributed by atoms with Crippen molar-refractivity contribution in [1.29, 1.82) is 0 Å². The number of hydrogen-bond donors (Lipinski definition) is 2. The summed E-state index contributed by atoms with van der Waals surface area (Å²) in [5, 5.41) is 12.6. The van der Waals surface area contributed by atoms with E-state index in [0.29, 0.717) is 19.1 Å². The van der Waals surface area contributed by atoms with Gasteiger partial charge in [-0.1, -0.05) is 6.08 Å². The molecule has 2 aliphatic heterocycles. The van der Waals surface area contributed by atoms with Gasteiger partial charge in [-0.25, -0.2) is 0 Å². The molecule has 5 heteroatoms. The number of hydrogen-bond acceptors (Lipinski definition) is 4. The van der Waals surface area contributed by atoms with Crippen LogP contribution in [0.15, 0.2) is 12.7 Å². The fourth-order valence-corrected chi connectivity index (χ4v) is 3.20. The van der Waals surface area contributed by atoms with Gasteiger partial charge in [0.05, 0.1) is 12.6 Å². The molecule has 0 aliphatic carbocycles. The zero-order chi connectivity index (χ0) is 14.4. The van der Waals surface area contributed by atoms with Crippen molar-refractivity contribution in [3.05, 3.63) is 12.7 Å². The van der Waals surface area contributed by atoms with E-state index in [1.54, 1.807) is 6.08 Å². The van der Waals surface area contributed by atoms with E-state index in [2.05, 4.69) is 21.7 Å². The van der Waals surface area contributed by atoms with Crippen molar-refractivity contribution in [2.45, 2.75) is 37.8 Å². The number of carbonyl (C=O) groups is 1. The Bertz CT molecular complexity index is 327. The summed E-state index contributed by atoms with van der Waals surface area (Å²) in [5.41, 5.74) is 0. The Balaban J connectivity index is 1.69. The van der Waals surface area contributed by atoms with Crippen LogP contribution in [0.5, 0.6) is 0 Å². The van der Waals surface area contributed by atoms with Gasteiger partial charge in [0.25, 0.3) is 0 Å². The van der Waals surface area contributed by atoms with Gasteiger partial charge >= 0.3 is 0 Å². The van der Waals surface area contributed by atoms with Crippen molar-refractivity contribution >= 4 is 5.91 Å². The van der Waals surface area contributed by atoms with Crippen LogP contribution in [0, 0.1) is 0 Å². The average Bonchev–Trinajstić information content (AvgIpc) is 2.46. The Labute approximate surface area is 121 Å². The summed E-state index contributed by atoms with van der Waals surface area (Å²) < 4.78 is 0. The van der Waals surface area contributed by atoms with Crippen molar-refractivity contribution in [3.8, 4) is 0 Å². The number of piperidine rings is 2. The molecule has 1 unspecified atom stereocenters. The van der Waals surface area contributed by atoms with Gasteiger partial charge in [-0.15, -0.1) is 6.58 Å². The number of likely N-dealkylation sites (tertiary alicyclic amines) is 2. The van der Waals surface area contributed by atoms with Crippen LogP contribution in [0.2, 0.25) is 0 Å². The summed E-state index contributed by atoms with van der Waals surface area (Å²) in [5.74, 6) is 0.0803. The third-order valence-corrected chi connectivity index (χ3v) is 4.31. The molecule has 0 aromatic heterocycles. The number of nitrogens with one attached hydrogen (secondary N) is 1. The van der Waals surface area contributed by atoms with Crippen LogP contribution in [0.25, 0.3) is 0 Å². The fourth-order valence-electron chi connectivity index (χ4n) is 3.20. The topological polar surface area (TPSA) is 55.8 Å². The Kier molecular flexibility index (Phi) is 6.01. The van der Waals surface area contributed by atoms with Crippen molar-refractivity contribution in [1.82, 2.24) is 15.1 Å². The molecule has 5 nitrogen and oxygen atoms in total. The summed E-state index contributed by atoms with van der Waals surface area (Å²) in [7, 11) is 0. The van der Waals surface area contributed by atoms with Crippen LogP contribution in [0.4, 0.5) is 0 Å². The molecule has 0 aromatic carbocycles. The predicted molar refractivity (Wildman–Crippen MR) is 79.5 cm³/mol. The Morgan fingerprint density at radius 1 is 1.30 bits per heavy atom. The lowest BCUT2D eigenvalue weighted by atomic mass is 9.99. The minimum absolute atomic E-state index is 0.0803. The van der Waals surface area contributed by atoms with E-state index in [0.717, 1.165) is 51.9 Å². The summed E-state index contributed by atoms with van der Waals surface area (Å²) in [6.45, 7) is 8.50. The van der Waals surface area contributed by atoms with Crippen molar-refractivity contribution in [2.75, 3.05) is 39.3 Å². The molecule has 2 aliphatic rings. The number of rotatable bonds is 5. The molecule has 0 radical (unpaired) electrons. The highest BCUT2D eigenvalue weighted by Gasteiger charge is 2.28. The van der Waals surface area contributed by atoms with Crippen molar-refractivity contribution in [3.63, 3.8) is 0 Å². The second-order valence-corrected chi connectivity index (χ2v) is 5.89. The minimum atomic E-state index is -0.147. The van der Waals surface area contributed by atoms with Crippen LogP contribution in [0.1, 0.15) is 25.7 Å². The molecule has 0 bridgehead atoms. The number of amides is 1. The van der Waals surface area contributed by atoms with Gasteiger partial charge in [0, 0.05) is 32.2 Å². The van der Waals surface area contributed by atoms with E-state index >= 15 is 0 Å². The predicted octanol–water partition coefficient (Wildman–Crippen LogP) is 0.210. The summed E-state index contributed by atoms with van der Waals surface area (Å²) in [4.78, 5) is 16.3. The van der Waals surface area contributed by atoms with Crippen LogP contribution in [-0.2, 0) is 4.79 Å². The first-order valence-electron chi connectivity index (χ1n) is 7.71. The Morgan fingerprint density at radius 3 is 2.70 bits per heavy atom. The first-order valence-corrected chi connectivity index (χ1v) is 7.71. The third kappa shape index (κ3) is 4.58. The lowest BCUT2D eigenvalue weighted by molar-refractivity contribution is -0.122. The van der Waals surface area contributed by atoms with Crippen molar-refractivity contribution in [2.24, 2.45) is 0 Å². The SMILES string of the molecule is C=CCNC(=O)CN1CCC(N2CCCC(O)C2)CC1. The smallest absolute Gasteiger partial charge is 0.234 e. The molecule has 2 fully saturated rings. The maximum atomic E-state index is 11.7. The first-order chi connectivity index (χ1) is 9.69. The van der Waals surface area contributed by atoms with Crippen LogP contribution >= 0.6 is 0 Å². The van der Waals surface area contributed by atoms with Gasteiger partial charge in [0.1, 0.15) is 0 Å². The van der Waals surface area contributed by atoms with Crippen LogP contribution < -0.4 is 5.32 Å². The van der Waals surface area contributed by atoms with Crippen molar-refractivity contribution < 1.29 is 9.90 Å². The highest BCUT2D eigenvalue weighted by atomic mass is 16.3. The Hall–Kier alpha value is -0.910. The molecule has 1 amide bonds. The van der Waals surface area contributed by atoms with E-state index in [-0.39, 0.29) is 12.0 Å². The second-order valence-electron chi connectivity index (χ2n) is 5.89. The highest BCUT2D eigenvalue weighted by molar-refractivity contribution is 5.78. The van der Waals surface area contributed by atoms with E-state index in [1.807, 2.05) is 0 Å². The van der Waals surface area contributed by atoms with Gasteiger partial charge < -0.3 is 10.4 Å². The zero-order valence-corrected chi connectivity index (χ0v) is 12.3. The number of β-amino-alcohol motifs (C(OH)–C–C–N with tert-alkyl or cyclic N) is 1. The normalized spacial score (nSPS) is 26.4. The largest absolute Gasteiger partial charge is 0.392 e. The minimum Gasteiger partial charge on any atom is -0.392 e. The molecule has 0 aromatic rings. The molecular formula is C15H27N3O2. The van der Waals surface area contributed by atoms with E-state index in [4.69, 9.17) is 0 Å². The van der Waals surface area contributed by atoms with Gasteiger partial charge in [0.15, 0.2) is 0 Å². The van der Waals surface area contributed by atoms with E-state index in [9.17, 15) is 9.90 Å². The van der Waals surface area contributed by atoms with Crippen LogP contribution in [-0.4, -0.2) is 72.2 Å². The standard InChI is InChI=1S/C15H27N3O2/c1-2-7-16-15(20)12-17-9-5-13(6-10-17)18-8-3-4-14(19)11-18/h2,13-14,19H,1,3-12H2,(H,16,20). The molecule has 20 heavy (non-hydrogen) atoms. The quantitative estimate of drug-likeness (QED) is 0.707. The van der Waals surface area contributed by atoms with E-state index < -0.39 is 0 Å². The van der Waals surface area contributed by atoms with E-state index in [1.165, 1.54) is 0 Å². The monoisotopic (exact) mass is 281 g/mol. The summed E-state index contributed by atoms with van der Waals surface area (Å²) >= 11 is 0. The zero-order valence-electron chi connectivity index (χ0n) is 12.3. The molecule has 0 spiro atoms. The van der Waals surface area contributed by atoms with Gasteiger partial charge in [-0.05, 0) is 32.2 Å². The number of aliphatic hydroxyl groups is 1. The molecule has 2 N–H and O–H groups in total. The van der Waals surface area contributed by atoms with Gasteiger partial charge in [0.2, 0.25) is 5.91 Å². The molecule has 2 rings (SSSR count). The maximum absolute atomic E-state index is 11.7. The lowest BCUT2D eigenvalue weighted by Gasteiger charge is -2.41. The first kappa shape index (κ1) is 15.5. The van der Waals surface area contributed by atoms with Crippen LogP contribution in [0.3, 0.4) is 0 Å². The average molecular weight is 281 g/mol. The second kappa shape index (κ2) is 7.76. The summed E-state index contributed by atoms with van der Waals surface area (Å²) in [6, 6.07) is 0.581. The fraction of sp³-hybridized carbons (Fsp3) is 0.800. The Morgan fingerprint density at radius 2 is 2.05 bits per heavy atom. The van der Waals surface area contributed by atoms with Gasteiger partial charge in [-0.3, -0.25) is 14.6 Å². The highest BCUT2D eigenvalue weighted by Crippen LogP contribution is 2.20. The molecule has 2 heterocycles. The lowest BCUT2D eigenvalue weighted by Crippen LogP contribution is -2.50. The molecule has 2 saturated heterocycles. The van der Waals surface area contributed by atoms with Gasteiger partial charge in [-0.2, -0.15) is 0 Å². The molecule has 0 saturated carbocycles.